The molecule has 0 radical (unpaired) electrons. The van der Waals surface area contributed by atoms with Gasteiger partial charge in [-0.05, 0) is 45.1 Å². The van der Waals surface area contributed by atoms with Crippen LogP contribution >= 0.6 is 11.6 Å². The summed E-state index contributed by atoms with van der Waals surface area (Å²) in [6.07, 6.45) is 2.09. The molecule has 3 rings (SSSR count). The van der Waals surface area contributed by atoms with Gasteiger partial charge in [0, 0.05) is 49.4 Å². The van der Waals surface area contributed by atoms with Gasteiger partial charge in [-0.3, -0.25) is 9.69 Å². The van der Waals surface area contributed by atoms with Crippen molar-refractivity contribution in [2.75, 3.05) is 53.4 Å². The third-order valence-electron chi connectivity index (χ3n) is 5.18. The van der Waals surface area contributed by atoms with Crippen molar-refractivity contribution in [2.45, 2.75) is 25.0 Å². The normalized spacial score (nSPS) is 24.9. The molecule has 2 heterocycles. The average Bonchev–Trinajstić information content (AvgIpc) is 2.82. The Morgan fingerprint density at radius 2 is 2.08 bits per heavy atom. The van der Waals surface area contributed by atoms with E-state index in [1.165, 1.54) is 0 Å². The van der Waals surface area contributed by atoms with E-state index >= 15 is 0 Å². The highest BCUT2D eigenvalue weighted by molar-refractivity contribution is 6.30. The predicted molar refractivity (Wildman–Crippen MR) is 100 cm³/mol. The summed E-state index contributed by atoms with van der Waals surface area (Å²) in [5, 5.41) is 0.604. The molecule has 5 nitrogen and oxygen atoms in total. The topological polar surface area (TPSA) is 36.0 Å². The third-order valence-corrected chi connectivity index (χ3v) is 5.42. The summed E-state index contributed by atoms with van der Waals surface area (Å²) in [6, 6.07) is 7.63. The van der Waals surface area contributed by atoms with Crippen LogP contribution in [0.15, 0.2) is 24.3 Å². The first kappa shape index (κ1) is 18.6. The molecule has 0 spiro atoms. The minimum atomic E-state index is 0.0704. The van der Waals surface area contributed by atoms with Gasteiger partial charge in [0.1, 0.15) is 0 Å². The number of hydrogen-bond donors (Lipinski definition) is 0. The number of amides is 1. The van der Waals surface area contributed by atoms with Crippen LogP contribution in [0.3, 0.4) is 0 Å². The van der Waals surface area contributed by atoms with Crippen molar-refractivity contribution in [3.63, 3.8) is 0 Å². The van der Waals surface area contributed by atoms with Gasteiger partial charge in [0.05, 0.1) is 12.7 Å². The molecule has 2 unspecified atom stereocenters. The van der Waals surface area contributed by atoms with Gasteiger partial charge in [0.25, 0.3) is 5.91 Å². The zero-order valence-corrected chi connectivity index (χ0v) is 15.9. The summed E-state index contributed by atoms with van der Waals surface area (Å²) in [5.41, 5.74) is 0.669. The van der Waals surface area contributed by atoms with Crippen molar-refractivity contribution >= 4 is 17.5 Å². The Morgan fingerprint density at radius 1 is 1.28 bits per heavy atom. The lowest BCUT2D eigenvalue weighted by Gasteiger charge is -2.40. The number of likely N-dealkylation sites (N-methyl/N-ethyl adjacent to an activating group) is 1. The first-order valence-electron chi connectivity index (χ1n) is 9.10. The van der Waals surface area contributed by atoms with Crippen LogP contribution in [0.2, 0.25) is 5.02 Å². The molecular formula is C19H28ClN3O2. The second kappa shape index (κ2) is 8.49. The number of halogens is 1. The molecule has 0 aromatic heterocycles. The second-order valence-electron chi connectivity index (χ2n) is 7.20. The summed E-state index contributed by atoms with van der Waals surface area (Å²) >= 11 is 6.04. The molecule has 1 amide bonds. The maximum absolute atomic E-state index is 12.8. The van der Waals surface area contributed by atoms with Crippen LogP contribution in [0.4, 0.5) is 0 Å². The van der Waals surface area contributed by atoms with E-state index in [0.717, 1.165) is 52.2 Å². The molecule has 2 aliphatic heterocycles. The largest absolute Gasteiger partial charge is 0.375 e. The number of fused-ring (bicyclic) bond motifs is 1. The highest BCUT2D eigenvalue weighted by atomic mass is 35.5. The van der Waals surface area contributed by atoms with Crippen molar-refractivity contribution in [1.82, 2.24) is 14.7 Å². The molecule has 2 fully saturated rings. The van der Waals surface area contributed by atoms with Crippen LogP contribution in [0, 0.1) is 0 Å². The van der Waals surface area contributed by atoms with Gasteiger partial charge < -0.3 is 14.5 Å². The molecule has 1 aromatic carbocycles. The summed E-state index contributed by atoms with van der Waals surface area (Å²) in [5.74, 6) is 0.0704. The summed E-state index contributed by atoms with van der Waals surface area (Å²) in [4.78, 5) is 19.5. The Kier molecular flexibility index (Phi) is 6.34. The fourth-order valence-corrected chi connectivity index (χ4v) is 3.96. The lowest BCUT2D eigenvalue weighted by Crippen LogP contribution is -2.52. The second-order valence-corrected chi connectivity index (χ2v) is 7.63. The van der Waals surface area contributed by atoms with E-state index in [4.69, 9.17) is 16.3 Å². The number of nitrogens with zero attached hydrogens (tertiary/aromatic N) is 3. The Bertz CT molecular complexity index is 596. The van der Waals surface area contributed by atoms with Crippen molar-refractivity contribution in [3.8, 4) is 0 Å². The van der Waals surface area contributed by atoms with Gasteiger partial charge in [-0.2, -0.15) is 0 Å². The number of benzene rings is 1. The number of carbonyl (C=O) groups is 1. The highest BCUT2D eigenvalue weighted by Gasteiger charge is 2.35. The Morgan fingerprint density at radius 3 is 2.84 bits per heavy atom. The van der Waals surface area contributed by atoms with Crippen molar-refractivity contribution < 1.29 is 9.53 Å². The monoisotopic (exact) mass is 365 g/mol. The molecular weight excluding hydrogens is 338 g/mol. The van der Waals surface area contributed by atoms with E-state index in [1.807, 2.05) is 17.0 Å². The van der Waals surface area contributed by atoms with Crippen LogP contribution in [0.1, 0.15) is 23.2 Å². The minimum Gasteiger partial charge on any atom is -0.375 e. The molecule has 6 heteroatoms. The molecule has 138 valence electrons. The molecule has 0 bridgehead atoms. The molecule has 0 N–H and O–H groups in total. The van der Waals surface area contributed by atoms with Crippen LogP contribution in [0.25, 0.3) is 0 Å². The molecule has 2 aliphatic rings. The number of likely N-dealkylation sites (tertiary alicyclic amines) is 1. The van der Waals surface area contributed by atoms with Crippen LogP contribution < -0.4 is 0 Å². The lowest BCUT2D eigenvalue weighted by molar-refractivity contribution is -0.0724. The molecule has 0 aliphatic carbocycles. The molecule has 2 atom stereocenters. The van der Waals surface area contributed by atoms with E-state index in [-0.39, 0.29) is 12.0 Å². The van der Waals surface area contributed by atoms with Gasteiger partial charge in [-0.1, -0.05) is 17.7 Å². The lowest BCUT2D eigenvalue weighted by atomic mass is 10.0. The van der Waals surface area contributed by atoms with Crippen LogP contribution in [-0.2, 0) is 4.74 Å². The predicted octanol–water partition coefficient (Wildman–Crippen LogP) is 2.21. The smallest absolute Gasteiger partial charge is 0.253 e. The Balaban J connectivity index is 1.65. The average molecular weight is 366 g/mol. The van der Waals surface area contributed by atoms with Gasteiger partial charge in [0.15, 0.2) is 0 Å². The SMILES string of the molecule is CN(C)CCN1CCOC2CCN(C(=O)c3cccc(Cl)c3)CCC21. The van der Waals surface area contributed by atoms with Gasteiger partial charge >= 0.3 is 0 Å². The standard InChI is InChI=1S/C19H28ClN3O2/c1-21(2)10-11-22-12-13-25-18-7-9-23(8-6-17(18)22)19(24)15-4-3-5-16(20)14-15/h3-5,14,17-18H,6-13H2,1-2H3. The number of ether oxygens (including phenoxy) is 1. The van der Waals surface area contributed by atoms with Gasteiger partial charge in [0.2, 0.25) is 0 Å². The van der Waals surface area contributed by atoms with E-state index in [2.05, 4.69) is 23.9 Å². The van der Waals surface area contributed by atoms with Crippen molar-refractivity contribution in [1.29, 1.82) is 0 Å². The fraction of sp³-hybridized carbons (Fsp3) is 0.632. The zero-order chi connectivity index (χ0) is 17.8. The summed E-state index contributed by atoms with van der Waals surface area (Å²) < 4.78 is 6.04. The van der Waals surface area contributed by atoms with E-state index in [9.17, 15) is 4.79 Å². The number of hydrogen-bond acceptors (Lipinski definition) is 4. The fourth-order valence-electron chi connectivity index (χ4n) is 3.77. The molecule has 25 heavy (non-hydrogen) atoms. The van der Waals surface area contributed by atoms with Gasteiger partial charge in [-0.15, -0.1) is 0 Å². The maximum Gasteiger partial charge on any atom is 0.253 e. The third kappa shape index (κ3) is 4.73. The van der Waals surface area contributed by atoms with E-state index < -0.39 is 0 Å². The zero-order valence-electron chi connectivity index (χ0n) is 15.2. The first-order chi connectivity index (χ1) is 12.0. The Hall–Kier alpha value is -1.14. The highest BCUT2D eigenvalue weighted by Crippen LogP contribution is 2.25. The van der Waals surface area contributed by atoms with E-state index in [0.29, 0.717) is 16.6 Å². The maximum atomic E-state index is 12.8. The Labute approximate surface area is 155 Å². The van der Waals surface area contributed by atoms with Crippen molar-refractivity contribution in [2.24, 2.45) is 0 Å². The van der Waals surface area contributed by atoms with Crippen LogP contribution in [0.5, 0.6) is 0 Å². The quantitative estimate of drug-likeness (QED) is 0.819. The number of morpholine rings is 1. The summed E-state index contributed by atoms with van der Waals surface area (Å²) in [7, 11) is 4.22. The molecule has 2 saturated heterocycles. The van der Waals surface area contributed by atoms with Gasteiger partial charge in [-0.25, -0.2) is 0 Å². The first-order valence-corrected chi connectivity index (χ1v) is 9.47. The van der Waals surface area contributed by atoms with Crippen LogP contribution in [-0.4, -0.2) is 86.2 Å². The number of rotatable bonds is 4. The van der Waals surface area contributed by atoms with Crippen molar-refractivity contribution in [3.05, 3.63) is 34.9 Å². The molecule has 1 aromatic rings. The van der Waals surface area contributed by atoms with E-state index in [1.54, 1.807) is 12.1 Å². The number of carbonyl (C=O) groups excluding carboxylic acids is 1. The minimum absolute atomic E-state index is 0.0704. The molecule has 0 saturated carbocycles. The summed E-state index contributed by atoms with van der Waals surface area (Å²) in [6.45, 7) is 5.39.